The Hall–Kier alpha value is -7.04. The topological polar surface area (TPSA) is 27.9 Å². The zero-order valence-corrected chi connectivity index (χ0v) is 28.0. The number of rotatable bonds is 3. The van der Waals surface area contributed by atoms with Crippen LogP contribution >= 0.6 is 0 Å². The van der Waals surface area contributed by atoms with Crippen molar-refractivity contribution in [1.29, 1.82) is 0 Å². The van der Waals surface area contributed by atoms with E-state index < -0.39 is 0 Å². The van der Waals surface area contributed by atoms with Crippen LogP contribution in [0.5, 0.6) is 0 Å². The predicted molar refractivity (Wildman–Crippen MR) is 217 cm³/mol. The van der Waals surface area contributed by atoms with Gasteiger partial charge in [-0.3, -0.25) is 0 Å². The van der Waals surface area contributed by atoms with E-state index in [2.05, 4.69) is 190 Å². The van der Waals surface area contributed by atoms with Gasteiger partial charge in [-0.05, 0) is 66.7 Å². The first-order valence-corrected chi connectivity index (χ1v) is 17.8. The molecule has 0 aliphatic rings. The lowest BCUT2D eigenvalue weighted by Gasteiger charge is -2.14. The summed E-state index contributed by atoms with van der Waals surface area (Å²) >= 11 is 0. The Morgan fingerprint density at radius 1 is 0.308 bits per heavy atom. The van der Waals surface area contributed by atoms with Crippen molar-refractivity contribution in [3.05, 3.63) is 176 Å². The van der Waals surface area contributed by atoms with Crippen LogP contribution in [0.3, 0.4) is 0 Å². The molecule has 0 spiro atoms. The Balaban J connectivity index is 1.17. The number of aromatic nitrogens is 3. The quantitative estimate of drug-likeness (QED) is 0.185. The average Bonchev–Trinajstić information content (AvgIpc) is 3.94. The van der Waals surface area contributed by atoms with Crippen molar-refractivity contribution < 1.29 is 4.42 Å². The van der Waals surface area contributed by atoms with Crippen molar-refractivity contribution in [3.8, 4) is 17.1 Å². The summed E-state index contributed by atoms with van der Waals surface area (Å²) in [7, 11) is 0. The molecule has 4 heteroatoms. The van der Waals surface area contributed by atoms with Crippen molar-refractivity contribution in [3.63, 3.8) is 0 Å². The van der Waals surface area contributed by atoms with Crippen molar-refractivity contribution in [2.45, 2.75) is 0 Å². The second-order valence-corrected chi connectivity index (χ2v) is 13.7. The molecule has 0 unspecified atom stereocenters. The standard InChI is InChI=1S/C48H29N3O/c1-7-19-38-31(13-1)32-14-2-8-20-39(32)49(38)30-25-26-43-37(29-30)35-17-5-11-23-42(35)50(43)44-27-28-45(48-47(44)36-18-6-12-24-46(36)52-48)51-40-21-9-3-15-33(40)34-16-4-10-22-41(34)51/h1-29H. The lowest BCUT2D eigenvalue weighted by atomic mass is 10.1. The van der Waals surface area contributed by atoms with E-state index in [-0.39, 0.29) is 0 Å². The number of hydrogen-bond donors (Lipinski definition) is 0. The summed E-state index contributed by atoms with van der Waals surface area (Å²) in [5, 5.41) is 9.61. The molecule has 12 rings (SSSR count). The Morgan fingerprint density at radius 2 is 0.712 bits per heavy atom. The summed E-state index contributed by atoms with van der Waals surface area (Å²) in [5.74, 6) is 0. The Bertz CT molecular complexity index is 3320. The molecule has 4 heterocycles. The predicted octanol–water partition coefficient (Wildman–Crippen LogP) is 12.9. The highest BCUT2D eigenvalue weighted by molar-refractivity contribution is 6.18. The zero-order chi connectivity index (χ0) is 33.9. The van der Waals surface area contributed by atoms with Gasteiger partial charge in [0.2, 0.25) is 0 Å². The molecule has 12 aromatic rings. The molecule has 0 atom stereocenters. The summed E-state index contributed by atoms with van der Waals surface area (Å²) < 4.78 is 14.1. The SMILES string of the molecule is c1ccc2c(c1)oc1c(-n3c4ccccc4c4ccccc43)ccc(-n3c4ccccc4c4cc(-n5c6ccccc6c6ccccc65)ccc43)c12. The van der Waals surface area contributed by atoms with Gasteiger partial charge in [-0.1, -0.05) is 109 Å². The smallest absolute Gasteiger partial charge is 0.161 e. The van der Waals surface area contributed by atoms with E-state index in [9.17, 15) is 0 Å². The summed E-state index contributed by atoms with van der Waals surface area (Å²) in [5.41, 5.74) is 12.1. The number of para-hydroxylation sites is 6. The first-order valence-electron chi connectivity index (χ1n) is 17.8. The lowest BCUT2D eigenvalue weighted by Crippen LogP contribution is -1.99. The van der Waals surface area contributed by atoms with E-state index in [4.69, 9.17) is 4.42 Å². The van der Waals surface area contributed by atoms with Crippen molar-refractivity contribution in [2.24, 2.45) is 0 Å². The average molecular weight is 664 g/mol. The molecule has 0 amide bonds. The number of furan rings is 1. The molecule has 4 aromatic heterocycles. The van der Waals surface area contributed by atoms with E-state index in [1.165, 1.54) is 43.4 Å². The fraction of sp³-hybridized carbons (Fsp3) is 0. The van der Waals surface area contributed by atoms with Crippen LogP contribution in [0.4, 0.5) is 0 Å². The monoisotopic (exact) mass is 663 g/mol. The molecular weight excluding hydrogens is 635 g/mol. The second-order valence-electron chi connectivity index (χ2n) is 13.7. The van der Waals surface area contributed by atoms with Crippen LogP contribution in [0.15, 0.2) is 180 Å². The maximum Gasteiger partial charge on any atom is 0.161 e. The first kappa shape index (κ1) is 27.7. The van der Waals surface area contributed by atoms with Crippen LogP contribution in [0.25, 0.3) is 104 Å². The number of benzene rings is 8. The molecule has 0 aliphatic heterocycles. The van der Waals surface area contributed by atoms with Crippen LogP contribution in [-0.2, 0) is 0 Å². The second kappa shape index (κ2) is 10.3. The van der Waals surface area contributed by atoms with Crippen molar-refractivity contribution in [1.82, 2.24) is 13.7 Å². The molecular formula is C48H29N3O. The van der Waals surface area contributed by atoms with Gasteiger partial charge in [-0.25, -0.2) is 0 Å². The van der Waals surface area contributed by atoms with Crippen LogP contribution in [0, 0.1) is 0 Å². The molecule has 0 bridgehead atoms. The fourth-order valence-corrected chi connectivity index (χ4v) is 8.90. The van der Waals surface area contributed by atoms with Gasteiger partial charge in [0.25, 0.3) is 0 Å². The van der Waals surface area contributed by atoms with E-state index in [0.29, 0.717) is 0 Å². The summed E-state index contributed by atoms with van der Waals surface area (Å²) in [6.45, 7) is 0. The molecule has 4 nitrogen and oxygen atoms in total. The number of hydrogen-bond acceptors (Lipinski definition) is 1. The van der Waals surface area contributed by atoms with E-state index in [1.807, 2.05) is 0 Å². The van der Waals surface area contributed by atoms with Gasteiger partial charge in [-0.2, -0.15) is 0 Å². The highest BCUT2D eigenvalue weighted by atomic mass is 16.3. The minimum Gasteiger partial charge on any atom is -0.454 e. The highest BCUT2D eigenvalue weighted by Gasteiger charge is 2.23. The third kappa shape index (κ3) is 3.60. The molecule has 8 aromatic carbocycles. The van der Waals surface area contributed by atoms with Gasteiger partial charge in [0.15, 0.2) is 5.58 Å². The van der Waals surface area contributed by atoms with Gasteiger partial charge in [0.1, 0.15) is 5.58 Å². The van der Waals surface area contributed by atoms with Crippen molar-refractivity contribution in [2.75, 3.05) is 0 Å². The van der Waals surface area contributed by atoms with E-state index in [1.54, 1.807) is 0 Å². The maximum absolute atomic E-state index is 6.88. The molecule has 0 saturated carbocycles. The van der Waals surface area contributed by atoms with Gasteiger partial charge in [-0.15, -0.1) is 0 Å². The van der Waals surface area contributed by atoms with Crippen LogP contribution in [0.2, 0.25) is 0 Å². The van der Waals surface area contributed by atoms with Crippen LogP contribution in [-0.4, -0.2) is 13.7 Å². The normalized spacial score (nSPS) is 12.2. The van der Waals surface area contributed by atoms with E-state index >= 15 is 0 Å². The maximum atomic E-state index is 6.88. The van der Waals surface area contributed by atoms with Gasteiger partial charge in [0, 0.05) is 43.4 Å². The molecule has 0 N–H and O–H groups in total. The molecule has 242 valence electrons. The number of fused-ring (bicyclic) bond motifs is 12. The molecule has 0 radical (unpaired) electrons. The molecule has 0 aliphatic carbocycles. The van der Waals surface area contributed by atoms with Gasteiger partial charge >= 0.3 is 0 Å². The number of nitrogens with zero attached hydrogens (tertiary/aromatic N) is 3. The highest BCUT2D eigenvalue weighted by Crippen LogP contribution is 2.43. The third-order valence-electron chi connectivity index (χ3n) is 11.0. The zero-order valence-electron chi connectivity index (χ0n) is 28.0. The van der Waals surface area contributed by atoms with Crippen LogP contribution < -0.4 is 0 Å². The van der Waals surface area contributed by atoms with E-state index in [0.717, 1.165) is 61.1 Å². The van der Waals surface area contributed by atoms with Crippen molar-refractivity contribution >= 4 is 87.4 Å². The van der Waals surface area contributed by atoms with Gasteiger partial charge in [0.05, 0.1) is 49.9 Å². The Labute approximate surface area is 297 Å². The summed E-state index contributed by atoms with van der Waals surface area (Å²) in [6.07, 6.45) is 0. The Kier molecular flexibility index (Phi) is 5.47. The minimum atomic E-state index is 0.873. The largest absolute Gasteiger partial charge is 0.454 e. The molecule has 0 saturated heterocycles. The Morgan fingerprint density at radius 3 is 1.27 bits per heavy atom. The fourth-order valence-electron chi connectivity index (χ4n) is 8.90. The lowest BCUT2D eigenvalue weighted by molar-refractivity contribution is 0.666. The molecule has 0 fully saturated rings. The summed E-state index contributed by atoms with van der Waals surface area (Å²) in [4.78, 5) is 0. The molecule has 52 heavy (non-hydrogen) atoms. The third-order valence-corrected chi connectivity index (χ3v) is 11.0. The van der Waals surface area contributed by atoms with Gasteiger partial charge < -0.3 is 18.1 Å². The first-order chi connectivity index (χ1) is 25.8. The minimum absolute atomic E-state index is 0.873. The van der Waals surface area contributed by atoms with Crippen LogP contribution in [0.1, 0.15) is 0 Å². The summed E-state index contributed by atoms with van der Waals surface area (Å²) in [6, 6.07) is 63.4.